The molecule has 5 rings (SSSR count). The Morgan fingerprint density at radius 3 is 2.43 bits per heavy atom. The number of halogens is 5. The van der Waals surface area contributed by atoms with Crippen LogP contribution in [-0.4, -0.2) is 27.5 Å². The zero-order chi connectivity index (χ0) is 26.0. The lowest BCUT2D eigenvalue weighted by Crippen LogP contribution is -2.34. The van der Waals surface area contributed by atoms with Gasteiger partial charge >= 0.3 is 6.18 Å². The molecule has 0 amide bonds. The summed E-state index contributed by atoms with van der Waals surface area (Å²) in [5.41, 5.74) is 1.11. The van der Waals surface area contributed by atoms with E-state index in [1.54, 1.807) is 18.2 Å². The maximum absolute atomic E-state index is 13.0. The number of fused-ring (bicyclic) bond motifs is 1. The zero-order valence-corrected chi connectivity index (χ0v) is 22.0. The highest BCUT2D eigenvalue weighted by molar-refractivity contribution is 7.18. The second-order valence-electron chi connectivity index (χ2n) is 9.01. The van der Waals surface area contributed by atoms with Crippen molar-refractivity contribution in [3.05, 3.63) is 74.5 Å². The van der Waals surface area contributed by atoms with Gasteiger partial charge in [-0.25, -0.2) is 15.0 Å². The highest BCUT2D eigenvalue weighted by Gasteiger charge is 2.30. The first-order valence-corrected chi connectivity index (χ1v) is 13.6. The van der Waals surface area contributed by atoms with Crippen molar-refractivity contribution in [3.63, 3.8) is 0 Å². The molecule has 0 aliphatic carbocycles. The molecule has 2 N–H and O–H groups in total. The van der Waals surface area contributed by atoms with Crippen LogP contribution in [-0.2, 0) is 19.0 Å². The van der Waals surface area contributed by atoms with Crippen molar-refractivity contribution < 1.29 is 13.2 Å². The Morgan fingerprint density at radius 1 is 1.00 bits per heavy atom. The number of hydrogen-bond acceptors (Lipinski definition) is 6. The topological polar surface area (TPSA) is 62.7 Å². The first kappa shape index (κ1) is 26.2. The van der Waals surface area contributed by atoms with E-state index in [0.29, 0.717) is 56.6 Å². The van der Waals surface area contributed by atoms with E-state index in [9.17, 15) is 13.2 Å². The first-order chi connectivity index (χ1) is 17.8. The van der Waals surface area contributed by atoms with Crippen LogP contribution in [0.3, 0.4) is 0 Å². The number of nitrogens with one attached hydrogen (secondary N) is 2. The summed E-state index contributed by atoms with van der Waals surface area (Å²) in [6.45, 7) is 1.02. The Balaban J connectivity index is 1.46. The van der Waals surface area contributed by atoms with Gasteiger partial charge in [-0.15, -0.1) is 0 Å². The van der Waals surface area contributed by atoms with Crippen molar-refractivity contribution in [2.75, 3.05) is 11.9 Å². The van der Waals surface area contributed by atoms with E-state index >= 15 is 0 Å². The summed E-state index contributed by atoms with van der Waals surface area (Å²) in [5, 5.41) is 8.58. The molecule has 1 aliphatic rings. The third kappa shape index (κ3) is 6.34. The lowest BCUT2D eigenvalue weighted by Gasteiger charge is -2.23. The van der Waals surface area contributed by atoms with Crippen LogP contribution < -0.4 is 10.6 Å². The van der Waals surface area contributed by atoms with Crippen LogP contribution in [0.15, 0.2) is 42.5 Å². The van der Waals surface area contributed by atoms with Gasteiger partial charge in [-0.1, -0.05) is 47.0 Å². The Hall–Kier alpha value is -2.46. The van der Waals surface area contributed by atoms with Crippen molar-refractivity contribution >= 4 is 56.4 Å². The van der Waals surface area contributed by atoms with Crippen LogP contribution in [0.2, 0.25) is 10.0 Å². The molecule has 4 aromatic rings. The molecule has 0 spiro atoms. The van der Waals surface area contributed by atoms with E-state index < -0.39 is 11.7 Å². The molecule has 2 aromatic carbocycles. The summed E-state index contributed by atoms with van der Waals surface area (Å²) < 4.78 is 39.0. The van der Waals surface area contributed by atoms with Crippen molar-refractivity contribution in [2.45, 2.75) is 50.7 Å². The molecule has 1 atom stereocenters. The van der Waals surface area contributed by atoms with Crippen LogP contribution in [0, 0.1) is 0 Å². The van der Waals surface area contributed by atoms with Gasteiger partial charge in [0.1, 0.15) is 21.2 Å². The Labute approximate surface area is 226 Å². The summed E-state index contributed by atoms with van der Waals surface area (Å²) in [7, 11) is 0. The lowest BCUT2D eigenvalue weighted by atomic mass is 10.0. The minimum absolute atomic E-state index is 0.429. The minimum atomic E-state index is -4.40. The minimum Gasteiger partial charge on any atom is -0.338 e. The number of benzene rings is 2. The number of hydrogen-bond donors (Lipinski definition) is 2. The van der Waals surface area contributed by atoms with Crippen LogP contribution in [0.5, 0.6) is 0 Å². The van der Waals surface area contributed by atoms with Gasteiger partial charge in [0.05, 0.1) is 5.56 Å². The van der Waals surface area contributed by atoms with Crippen molar-refractivity contribution in [3.8, 4) is 0 Å². The predicted molar refractivity (Wildman–Crippen MR) is 143 cm³/mol. The molecular formula is C26H24Cl2F3N5S. The quantitative estimate of drug-likeness (QED) is 0.239. The van der Waals surface area contributed by atoms with E-state index in [1.165, 1.54) is 36.3 Å². The van der Waals surface area contributed by atoms with Gasteiger partial charge in [-0.05, 0) is 67.8 Å². The molecule has 2 aromatic heterocycles. The van der Waals surface area contributed by atoms with Gasteiger partial charge in [0.2, 0.25) is 0 Å². The molecule has 1 unspecified atom stereocenters. The maximum atomic E-state index is 13.0. The average Bonchev–Trinajstić information content (AvgIpc) is 3.28. The molecule has 11 heteroatoms. The molecule has 194 valence electrons. The summed E-state index contributed by atoms with van der Waals surface area (Å²) >= 11 is 14.2. The third-order valence-corrected chi connectivity index (χ3v) is 8.00. The van der Waals surface area contributed by atoms with E-state index in [4.69, 9.17) is 38.2 Å². The smallest absolute Gasteiger partial charge is 0.338 e. The number of alkyl halides is 3. The van der Waals surface area contributed by atoms with E-state index in [2.05, 4.69) is 10.6 Å². The van der Waals surface area contributed by atoms with Crippen LogP contribution >= 0.6 is 34.5 Å². The first-order valence-electron chi connectivity index (χ1n) is 12.0. The third-order valence-electron chi connectivity index (χ3n) is 6.34. The zero-order valence-electron chi connectivity index (χ0n) is 19.7. The molecule has 0 bridgehead atoms. The standard InChI is InChI=1S/C26H24Cl2F3N5S/c27-19-5-3-6-20(28)18(19)14-22-36-23-24(33-17-9-7-15(8-10-17)26(29,30)31)34-21(35-25(23)37-22)12-11-16-4-1-2-13-32-16/h3,5-10,16,32H,1-2,4,11-14H2,(H,33,34,35). The van der Waals surface area contributed by atoms with E-state index in [1.807, 2.05) is 0 Å². The fourth-order valence-corrected chi connectivity index (χ4v) is 5.89. The second-order valence-corrected chi connectivity index (χ2v) is 10.9. The number of rotatable bonds is 7. The number of aromatic nitrogens is 3. The van der Waals surface area contributed by atoms with Crippen molar-refractivity contribution in [2.24, 2.45) is 0 Å². The fraction of sp³-hybridized carbons (Fsp3) is 0.346. The van der Waals surface area contributed by atoms with Gasteiger partial charge in [0, 0.05) is 34.6 Å². The molecular weight excluding hydrogens is 542 g/mol. The molecule has 0 saturated carbocycles. The molecule has 0 radical (unpaired) electrons. The van der Waals surface area contributed by atoms with Gasteiger partial charge < -0.3 is 10.6 Å². The maximum Gasteiger partial charge on any atom is 0.416 e. The highest BCUT2D eigenvalue weighted by atomic mass is 35.5. The van der Waals surface area contributed by atoms with E-state index in [-0.39, 0.29) is 0 Å². The summed E-state index contributed by atoms with van der Waals surface area (Å²) in [5.74, 6) is 1.13. The van der Waals surface area contributed by atoms with E-state index in [0.717, 1.165) is 42.1 Å². The predicted octanol–water partition coefficient (Wildman–Crippen LogP) is 7.82. The number of aryl methyl sites for hydroxylation is 1. The Morgan fingerprint density at radius 2 is 1.76 bits per heavy atom. The van der Waals surface area contributed by atoms with Gasteiger partial charge in [-0.2, -0.15) is 13.2 Å². The monoisotopic (exact) mass is 565 g/mol. The summed E-state index contributed by atoms with van der Waals surface area (Å²) in [6.07, 6.45) is 1.15. The highest BCUT2D eigenvalue weighted by Crippen LogP contribution is 2.34. The Bertz CT molecular complexity index is 1370. The van der Waals surface area contributed by atoms with Gasteiger partial charge in [0.15, 0.2) is 5.82 Å². The average molecular weight is 566 g/mol. The number of nitrogens with zero attached hydrogens (tertiary/aromatic N) is 3. The molecule has 3 heterocycles. The molecule has 1 aliphatic heterocycles. The van der Waals surface area contributed by atoms with Crippen molar-refractivity contribution in [1.82, 2.24) is 20.3 Å². The van der Waals surface area contributed by atoms with Gasteiger partial charge in [-0.3, -0.25) is 0 Å². The number of piperidine rings is 1. The molecule has 1 fully saturated rings. The van der Waals surface area contributed by atoms with Crippen LogP contribution in [0.1, 0.15) is 47.6 Å². The lowest BCUT2D eigenvalue weighted by molar-refractivity contribution is -0.137. The summed E-state index contributed by atoms with van der Waals surface area (Å²) in [4.78, 5) is 15.0. The van der Waals surface area contributed by atoms with Crippen LogP contribution in [0.25, 0.3) is 10.3 Å². The molecule has 1 saturated heterocycles. The van der Waals surface area contributed by atoms with Gasteiger partial charge in [0.25, 0.3) is 0 Å². The second kappa shape index (κ2) is 11.1. The summed E-state index contributed by atoms with van der Waals surface area (Å²) in [6, 6.07) is 10.6. The SMILES string of the molecule is FC(F)(F)c1ccc(Nc2nc(CCC3CCCCN3)nc3sc(Cc4c(Cl)cccc4Cl)nc23)cc1. The number of anilines is 2. The molecule has 37 heavy (non-hydrogen) atoms. The largest absolute Gasteiger partial charge is 0.416 e. The fourth-order valence-electron chi connectivity index (χ4n) is 4.39. The normalized spacial score (nSPS) is 16.3. The van der Waals surface area contributed by atoms with Crippen molar-refractivity contribution in [1.29, 1.82) is 0 Å². The molecule has 5 nitrogen and oxygen atoms in total. The number of thiazole rings is 1. The van der Waals surface area contributed by atoms with Crippen LogP contribution in [0.4, 0.5) is 24.7 Å². The Kier molecular flexibility index (Phi) is 7.85.